The van der Waals surface area contributed by atoms with Crippen molar-refractivity contribution in [2.24, 2.45) is 0 Å². The Bertz CT molecular complexity index is 182. The molecule has 0 aliphatic heterocycles. The molecule has 0 heterocycles. The zero-order valence-corrected chi connectivity index (χ0v) is 10.2. The van der Waals surface area contributed by atoms with E-state index in [2.05, 4.69) is 44.5 Å². The summed E-state index contributed by atoms with van der Waals surface area (Å²) in [5, 5.41) is 0. The zero-order chi connectivity index (χ0) is 11.0. The Morgan fingerprint density at radius 2 is 2.14 bits per heavy atom. The molecular formula is C13H25N. The topological polar surface area (TPSA) is 3.24 Å². The first-order chi connectivity index (χ1) is 6.61. The summed E-state index contributed by atoms with van der Waals surface area (Å²) >= 11 is 0. The fourth-order valence-electron chi connectivity index (χ4n) is 1.50. The van der Waals surface area contributed by atoms with Crippen molar-refractivity contribution in [2.75, 3.05) is 13.6 Å². The first-order valence-corrected chi connectivity index (χ1v) is 5.62. The van der Waals surface area contributed by atoms with Crippen LogP contribution in [0.25, 0.3) is 0 Å². The summed E-state index contributed by atoms with van der Waals surface area (Å²) in [5.41, 5.74) is 1.23. The van der Waals surface area contributed by atoms with Crippen LogP contribution in [0.2, 0.25) is 0 Å². The lowest BCUT2D eigenvalue weighted by Crippen LogP contribution is -2.29. The van der Waals surface area contributed by atoms with E-state index in [-0.39, 0.29) is 0 Å². The molecule has 14 heavy (non-hydrogen) atoms. The molecule has 1 heteroatoms. The molecule has 1 nitrogen and oxygen atoms in total. The summed E-state index contributed by atoms with van der Waals surface area (Å²) in [6, 6.07) is 0.693. The van der Waals surface area contributed by atoms with Crippen LogP contribution in [0.15, 0.2) is 24.3 Å². The first kappa shape index (κ1) is 13.4. The van der Waals surface area contributed by atoms with Gasteiger partial charge in [0.15, 0.2) is 0 Å². The Kier molecular flexibility index (Phi) is 7.50. The molecule has 1 atom stereocenters. The monoisotopic (exact) mass is 195 g/mol. The van der Waals surface area contributed by atoms with E-state index >= 15 is 0 Å². The van der Waals surface area contributed by atoms with Crippen LogP contribution in [-0.2, 0) is 0 Å². The molecule has 0 saturated carbocycles. The highest BCUT2D eigenvalue weighted by molar-refractivity contribution is 5.13. The summed E-state index contributed by atoms with van der Waals surface area (Å²) in [5.74, 6) is 0. The van der Waals surface area contributed by atoms with Crippen LogP contribution in [0.3, 0.4) is 0 Å². The second kappa shape index (κ2) is 7.81. The molecule has 0 spiro atoms. The van der Waals surface area contributed by atoms with Gasteiger partial charge in [0, 0.05) is 12.6 Å². The van der Waals surface area contributed by atoms with E-state index in [0.717, 1.165) is 13.0 Å². The summed E-state index contributed by atoms with van der Waals surface area (Å²) in [6.45, 7) is 11.7. The van der Waals surface area contributed by atoms with Crippen LogP contribution in [0, 0.1) is 0 Å². The van der Waals surface area contributed by atoms with Gasteiger partial charge >= 0.3 is 0 Å². The highest BCUT2D eigenvalue weighted by Gasteiger charge is 2.06. The minimum absolute atomic E-state index is 0.693. The number of hydrogen-bond acceptors (Lipinski definition) is 1. The third-order valence-corrected chi connectivity index (χ3v) is 2.65. The van der Waals surface area contributed by atoms with Gasteiger partial charge in [0.05, 0.1) is 0 Å². The van der Waals surface area contributed by atoms with E-state index in [1.807, 2.05) is 6.92 Å². The van der Waals surface area contributed by atoms with Gasteiger partial charge in [-0.1, -0.05) is 37.6 Å². The van der Waals surface area contributed by atoms with Crippen molar-refractivity contribution in [2.45, 2.75) is 46.1 Å². The highest BCUT2D eigenvalue weighted by Crippen LogP contribution is 2.07. The number of rotatable bonds is 7. The van der Waals surface area contributed by atoms with E-state index in [0.29, 0.717) is 6.04 Å². The van der Waals surface area contributed by atoms with E-state index in [1.165, 1.54) is 18.4 Å². The average molecular weight is 195 g/mol. The maximum absolute atomic E-state index is 4.01. The van der Waals surface area contributed by atoms with Crippen LogP contribution >= 0.6 is 0 Å². The predicted molar refractivity (Wildman–Crippen MR) is 65.6 cm³/mol. The van der Waals surface area contributed by atoms with Crippen molar-refractivity contribution in [3.05, 3.63) is 24.3 Å². The summed E-state index contributed by atoms with van der Waals surface area (Å²) in [6.07, 6.45) is 7.78. The molecule has 0 fully saturated rings. The van der Waals surface area contributed by atoms with Crippen LogP contribution < -0.4 is 0 Å². The van der Waals surface area contributed by atoms with Crippen LogP contribution in [0.4, 0.5) is 0 Å². The normalized spacial score (nSPS) is 13.8. The molecule has 0 bridgehead atoms. The third-order valence-electron chi connectivity index (χ3n) is 2.65. The van der Waals surface area contributed by atoms with Crippen molar-refractivity contribution in [3.8, 4) is 0 Å². The smallest absolute Gasteiger partial charge is 0.00639 e. The molecule has 0 saturated heterocycles. The van der Waals surface area contributed by atoms with Crippen LogP contribution in [0.1, 0.15) is 40.0 Å². The van der Waals surface area contributed by atoms with Gasteiger partial charge in [-0.25, -0.2) is 0 Å². The molecule has 0 aromatic carbocycles. The van der Waals surface area contributed by atoms with Gasteiger partial charge in [-0.15, -0.1) is 0 Å². The van der Waals surface area contributed by atoms with Crippen LogP contribution in [0.5, 0.6) is 0 Å². The Balaban J connectivity index is 3.72. The fraction of sp³-hybridized carbons (Fsp3) is 0.692. The van der Waals surface area contributed by atoms with E-state index in [9.17, 15) is 0 Å². The van der Waals surface area contributed by atoms with E-state index < -0.39 is 0 Å². The molecule has 0 radical (unpaired) electrons. The predicted octanol–water partition coefficient (Wildman–Crippen LogP) is 3.63. The zero-order valence-electron chi connectivity index (χ0n) is 10.2. The lowest BCUT2D eigenvalue weighted by atomic mass is 10.1. The molecule has 0 aliphatic carbocycles. The molecule has 82 valence electrons. The summed E-state index contributed by atoms with van der Waals surface area (Å²) < 4.78 is 0. The Morgan fingerprint density at radius 3 is 2.64 bits per heavy atom. The molecular weight excluding hydrogens is 170 g/mol. The van der Waals surface area contributed by atoms with Gasteiger partial charge in [0.2, 0.25) is 0 Å². The average Bonchev–Trinajstić information content (AvgIpc) is 2.15. The second-order valence-corrected chi connectivity index (χ2v) is 4.03. The van der Waals surface area contributed by atoms with Gasteiger partial charge < -0.3 is 4.90 Å². The summed E-state index contributed by atoms with van der Waals surface area (Å²) in [7, 11) is 2.20. The molecule has 1 unspecified atom stereocenters. The Morgan fingerprint density at radius 1 is 1.50 bits per heavy atom. The second-order valence-electron chi connectivity index (χ2n) is 4.03. The van der Waals surface area contributed by atoms with E-state index in [1.54, 1.807) is 0 Å². The lowest BCUT2D eigenvalue weighted by Gasteiger charge is -2.24. The largest absolute Gasteiger partial charge is 0.303 e. The van der Waals surface area contributed by atoms with Crippen molar-refractivity contribution in [1.82, 2.24) is 4.90 Å². The maximum Gasteiger partial charge on any atom is 0.00639 e. The van der Waals surface area contributed by atoms with Gasteiger partial charge in [0.1, 0.15) is 0 Å². The van der Waals surface area contributed by atoms with Gasteiger partial charge in [-0.3, -0.25) is 0 Å². The Hall–Kier alpha value is -0.560. The van der Waals surface area contributed by atoms with Crippen molar-refractivity contribution < 1.29 is 0 Å². The minimum atomic E-state index is 0.693. The van der Waals surface area contributed by atoms with Gasteiger partial charge in [0.25, 0.3) is 0 Å². The van der Waals surface area contributed by atoms with E-state index in [4.69, 9.17) is 0 Å². The maximum atomic E-state index is 4.01. The van der Waals surface area contributed by atoms with Crippen molar-refractivity contribution in [3.63, 3.8) is 0 Å². The molecule has 0 rings (SSSR count). The number of nitrogens with zero attached hydrogens (tertiary/aromatic N) is 1. The molecule has 0 aromatic heterocycles. The van der Waals surface area contributed by atoms with Gasteiger partial charge in [-0.2, -0.15) is 0 Å². The SMILES string of the molecule is C=C(/C=C\C)CCN(C)C(C)CCC. The highest BCUT2D eigenvalue weighted by atomic mass is 15.1. The van der Waals surface area contributed by atoms with Crippen LogP contribution in [-0.4, -0.2) is 24.5 Å². The molecule has 0 aliphatic rings. The fourth-order valence-corrected chi connectivity index (χ4v) is 1.50. The lowest BCUT2D eigenvalue weighted by molar-refractivity contribution is 0.248. The van der Waals surface area contributed by atoms with Crippen molar-refractivity contribution >= 4 is 0 Å². The number of hydrogen-bond donors (Lipinski definition) is 0. The minimum Gasteiger partial charge on any atom is -0.303 e. The molecule has 0 N–H and O–H groups in total. The number of allylic oxidation sites excluding steroid dienone is 2. The van der Waals surface area contributed by atoms with Crippen molar-refractivity contribution in [1.29, 1.82) is 0 Å². The quantitative estimate of drug-likeness (QED) is 0.561. The molecule has 0 aromatic rings. The standard InChI is InChI=1S/C13H25N/c1-6-8-12(3)10-11-14(5)13(4)9-7-2/h6,8,13H,3,7,9-11H2,1-2,4-5H3/b8-6-. The first-order valence-electron chi connectivity index (χ1n) is 5.62. The molecule has 0 amide bonds. The Labute approximate surface area is 89.5 Å². The third kappa shape index (κ3) is 5.98. The summed E-state index contributed by atoms with van der Waals surface area (Å²) in [4.78, 5) is 2.41. The van der Waals surface area contributed by atoms with Gasteiger partial charge in [-0.05, 0) is 33.7 Å².